The minimum absolute atomic E-state index is 0.102. The molecule has 0 unspecified atom stereocenters. The number of carbonyl (C=O) groups excluding carboxylic acids is 2. The Morgan fingerprint density at radius 2 is 1.30 bits per heavy atom. The molecule has 2 saturated heterocycles. The van der Waals surface area contributed by atoms with Crippen molar-refractivity contribution in [1.82, 2.24) is 35.8 Å². The summed E-state index contributed by atoms with van der Waals surface area (Å²) >= 11 is 14.3. The molecule has 2 aliphatic heterocycles. The molecule has 0 bridgehead atoms. The van der Waals surface area contributed by atoms with Gasteiger partial charge in [-0.05, 0) is 36.6 Å². The molecule has 2 amide bonds. The van der Waals surface area contributed by atoms with Crippen molar-refractivity contribution in [3.63, 3.8) is 0 Å². The van der Waals surface area contributed by atoms with E-state index in [2.05, 4.69) is 33.5 Å². The van der Waals surface area contributed by atoms with Gasteiger partial charge in [0.05, 0.1) is 28.5 Å². The van der Waals surface area contributed by atoms with Gasteiger partial charge in [-0.1, -0.05) is 65.7 Å². The summed E-state index contributed by atoms with van der Waals surface area (Å²) in [6.45, 7) is 2.65. The summed E-state index contributed by atoms with van der Waals surface area (Å²) in [6.07, 6.45) is 4.96. The molecular weight excluding hydrogens is 673 g/mol. The first kappa shape index (κ1) is 34.0. The van der Waals surface area contributed by atoms with Gasteiger partial charge >= 0.3 is 0 Å². The van der Waals surface area contributed by atoms with Crippen LogP contribution in [-0.2, 0) is 29.7 Å². The number of hydrogen-bond donors (Lipinski definition) is 4. The molecule has 12 heteroatoms. The summed E-state index contributed by atoms with van der Waals surface area (Å²) in [5, 5.41) is 15.0. The number of amides is 2. The number of halogens is 2. The number of nitrogens with zero attached hydrogens (tertiary/aromatic N) is 3. The molecule has 50 heavy (non-hydrogen) atoms. The summed E-state index contributed by atoms with van der Waals surface area (Å²) in [5.74, 6) is 0.734. The van der Waals surface area contributed by atoms with Crippen molar-refractivity contribution in [1.29, 1.82) is 0 Å². The number of rotatable bonds is 12. The molecule has 4 N–H and O–H groups in total. The topological polar surface area (TPSA) is 122 Å². The largest absolute Gasteiger partial charge is 0.481 e. The molecule has 5 heterocycles. The van der Waals surface area contributed by atoms with Gasteiger partial charge in [0.1, 0.15) is 5.65 Å². The molecule has 2 aliphatic rings. The van der Waals surface area contributed by atoms with Crippen molar-refractivity contribution >= 4 is 46.0 Å². The SMILES string of the molecule is COc1nc(-c2cccc(-c3cccc(-c4ccc5c(CNC[C@H]6CCC(=O)N6)cn(C)c5n4)c3Cl)c2Cl)ccc1CNC[C@H]1CCC(=O)N1. The maximum atomic E-state index is 11.5. The van der Waals surface area contributed by atoms with E-state index in [4.69, 9.17) is 37.9 Å². The highest BCUT2D eigenvalue weighted by Gasteiger charge is 2.22. The van der Waals surface area contributed by atoms with Crippen LogP contribution in [0.25, 0.3) is 44.7 Å². The van der Waals surface area contributed by atoms with Crippen molar-refractivity contribution in [2.45, 2.75) is 50.9 Å². The first-order chi connectivity index (χ1) is 24.3. The molecular formula is C38H39Cl2N7O3. The second-order valence-electron chi connectivity index (χ2n) is 12.9. The summed E-state index contributed by atoms with van der Waals surface area (Å²) in [5.41, 5.74) is 7.50. The average Bonchev–Trinajstić information content (AvgIpc) is 3.83. The highest BCUT2D eigenvalue weighted by molar-refractivity contribution is 6.39. The first-order valence-corrected chi connectivity index (χ1v) is 17.6. The van der Waals surface area contributed by atoms with Crippen molar-refractivity contribution < 1.29 is 14.3 Å². The molecule has 258 valence electrons. The standard InChI is InChI=1S/C38H39Cl2N7O3/c1-47-21-23(18-42-20-25-11-16-34(49)44-25)26-12-14-31(45-37(26)47)29-7-3-5-27(35(29)39)28-6-4-8-30(36(28)40)32-13-9-22(38(46-32)50-2)17-41-19-24-10-15-33(48)43-24/h3-9,12-14,21,24-25,41-42H,10-11,15-20H2,1-2H3,(H,43,48)(H,44,49)/t24-,25-/m1/s1. The van der Waals surface area contributed by atoms with Crippen LogP contribution >= 0.6 is 23.2 Å². The van der Waals surface area contributed by atoms with Crippen molar-refractivity contribution in [2.75, 3.05) is 20.2 Å². The van der Waals surface area contributed by atoms with Crippen molar-refractivity contribution in [2.24, 2.45) is 7.05 Å². The Balaban J connectivity index is 1.11. The van der Waals surface area contributed by atoms with Gasteiger partial charge in [0.15, 0.2) is 0 Å². The summed E-state index contributed by atoms with van der Waals surface area (Å²) in [4.78, 5) is 32.9. The highest BCUT2D eigenvalue weighted by atomic mass is 35.5. The van der Waals surface area contributed by atoms with E-state index in [1.165, 1.54) is 0 Å². The predicted molar refractivity (Wildman–Crippen MR) is 197 cm³/mol. The third-order valence-corrected chi connectivity index (χ3v) is 10.3. The Bertz CT molecular complexity index is 2080. The number of ether oxygens (including phenoxy) is 1. The minimum atomic E-state index is 0.102. The summed E-state index contributed by atoms with van der Waals surface area (Å²) in [7, 11) is 3.60. The summed E-state index contributed by atoms with van der Waals surface area (Å²) < 4.78 is 7.69. The highest BCUT2D eigenvalue weighted by Crippen LogP contribution is 2.42. The second-order valence-corrected chi connectivity index (χ2v) is 13.7. The molecule has 2 fully saturated rings. The number of aromatic nitrogens is 3. The third kappa shape index (κ3) is 7.07. The van der Waals surface area contributed by atoms with Gasteiger partial charge in [0, 0.05) is 97.6 Å². The van der Waals surface area contributed by atoms with Crippen LogP contribution in [0, 0.1) is 0 Å². The van der Waals surface area contributed by atoms with E-state index >= 15 is 0 Å². The zero-order valence-corrected chi connectivity index (χ0v) is 29.5. The number of nitrogens with one attached hydrogen (secondary N) is 4. The fourth-order valence-electron chi connectivity index (χ4n) is 6.85. The number of carbonyl (C=O) groups is 2. The lowest BCUT2D eigenvalue weighted by Gasteiger charge is -2.15. The van der Waals surface area contributed by atoms with Crippen LogP contribution in [0.5, 0.6) is 5.88 Å². The van der Waals surface area contributed by atoms with Crippen LogP contribution in [0.1, 0.15) is 36.8 Å². The van der Waals surface area contributed by atoms with E-state index in [0.717, 1.165) is 69.5 Å². The minimum Gasteiger partial charge on any atom is -0.481 e. The zero-order chi connectivity index (χ0) is 34.8. The van der Waals surface area contributed by atoms with Crippen LogP contribution in [0.3, 0.4) is 0 Å². The van der Waals surface area contributed by atoms with Gasteiger partial charge in [-0.3, -0.25) is 9.59 Å². The van der Waals surface area contributed by atoms with Crippen LogP contribution in [-0.4, -0.2) is 58.6 Å². The van der Waals surface area contributed by atoms with E-state index < -0.39 is 0 Å². The van der Waals surface area contributed by atoms with Crippen LogP contribution in [0.4, 0.5) is 0 Å². The number of pyridine rings is 2. The summed E-state index contributed by atoms with van der Waals surface area (Å²) in [6, 6.07) is 20.1. The molecule has 0 spiro atoms. The molecule has 0 aliphatic carbocycles. The van der Waals surface area contributed by atoms with Crippen LogP contribution < -0.4 is 26.0 Å². The molecule has 5 aromatic rings. The lowest BCUT2D eigenvalue weighted by atomic mass is 9.98. The predicted octanol–water partition coefficient (Wildman–Crippen LogP) is 6.02. The van der Waals surface area contributed by atoms with E-state index in [9.17, 15) is 9.59 Å². The number of fused-ring (bicyclic) bond motifs is 1. The fraction of sp³-hybridized carbons (Fsp3) is 0.316. The van der Waals surface area contributed by atoms with E-state index in [-0.39, 0.29) is 23.9 Å². The number of methoxy groups -OCH3 is 1. The Kier molecular flexibility index (Phi) is 10.1. The molecule has 10 nitrogen and oxygen atoms in total. The van der Waals surface area contributed by atoms with Gasteiger partial charge in [-0.15, -0.1) is 0 Å². The van der Waals surface area contributed by atoms with E-state index in [1.807, 2.05) is 66.2 Å². The van der Waals surface area contributed by atoms with Crippen LogP contribution in [0.2, 0.25) is 10.0 Å². The lowest BCUT2D eigenvalue weighted by Crippen LogP contribution is -2.35. The fourth-order valence-corrected chi connectivity index (χ4v) is 7.50. The maximum absolute atomic E-state index is 11.5. The van der Waals surface area contributed by atoms with Crippen molar-refractivity contribution in [3.8, 4) is 39.5 Å². The number of aryl methyl sites for hydroxylation is 1. The molecule has 2 atom stereocenters. The molecule has 7 rings (SSSR count). The average molecular weight is 713 g/mol. The van der Waals surface area contributed by atoms with Gasteiger partial charge in [-0.25, -0.2) is 9.97 Å². The van der Waals surface area contributed by atoms with Crippen LogP contribution in [0.15, 0.2) is 66.9 Å². The Morgan fingerprint density at radius 3 is 1.86 bits per heavy atom. The number of benzene rings is 2. The van der Waals surface area contributed by atoms with Gasteiger partial charge in [0.2, 0.25) is 17.7 Å². The Morgan fingerprint density at radius 1 is 0.760 bits per heavy atom. The third-order valence-electron chi connectivity index (χ3n) is 9.46. The first-order valence-electron chi connectivity index (χ1n) is 16.9. The molecule has 0 saturated carbocycles. The molecule has 2 aromatic carbocycles. The van der Waals surface area contributed by atoms with E-state index in [1.54, 1.807) is 7.11 Å². The monoisotopic (exact) mass is 711 g/mol. The van der Waals surface area contributed by atoms with Gasteiger partial charge in [0.25, 0.3) is 0 Å². The molecule has 3 aromatic heterocycles. The zero-order valence-electron chi connectivity index (χ0n) is 28.0. The lowest BCUT2D eigenvalue weighted by molar-refractivity contribution is -0.120. The van der Waals surface area contributed by atoms with E-state index in [0.29, 0.717) is 54.1 Å². The molecule has 0 radical (unpaired) electrons. The van der Waals surface area contributed by atoms with Crippen molar-refractivity contribution in [3.05, 3.63) is 88.0 Å². The number of hydrogen-bond acceptors (Lipinski definition) is 7. The normalized spacial score (nSPS) is 17.4. The second kappa shape index (κ2) is 14.8. The Labute approximate surface area is 300 Å². The van der Waals surface area contributed by atoms with Gasteiger partial charge < -0.3 is 30.6 Å². The quantitative estimate of drug-likeness (QED) is 0.125. The Hall–Kier alpha value is -4.48. The van der Waals surface area contributed by atoms with Gasteiger partial charge in [-0.2, -0.15) is 0 Å². The maximum Gasteiger partial charge on any atom is 0.220 e. The smallest absolute Gasteiger partial charge is 0.220 e.